The summed E-state index contributed by atoms with van der Waals surface area (Å²) >= 11 is 0. The van der Waals surface area contributed by atoms with E-state index in [4.69, 9.17) is 4.74 Å². The lowest BCUT2D eigenvalue weighted by Gasteiger charge is -2.10. The minimum absolute atomic E-state index is 0.584. The number of methoxy groups -OCH3 is 1. The molecule has 6 nitrogen and oxygen atoms in total. The van der Waals surface area contributed by atoms with Gasteiger partial charge in [0.2, 0.25) is 5.88 Å². The van der Waals surface area contributed by atoms with Gasteiger partial charge in [-0.2, -0.15) is 0 Å². The van der Waals surface area contributed by atoms with Crippen LogP contribution in [0.2, 0.25) is 0 Å². The van der Waals surface area contributed by atoms with Gasteiger partial charge in [0.15, 0.2) is 0 Å². The molecule has 20 heavy (non-hydrogen) atoms. The van der Waals surface area contributed by atoms with Crippen molar-refractivity contribution in [1.29, 1.82) is 0 Å². The van der Waals surface area contributed by atoms with E-state index < -0.39 is 0 Å². The van der Waals surface area contributed by atoms with Gasteiger partial charge in [0, 0.05) is 29.6 Å². The number of ether oxygens (including phenoxy) is 1. The Morgan fingerprint density at radius 3 is 2.50 bits per heavy atom. The number of pyridine rings is 2. The van der Waals surface area contributed by atoms with Gasteiger partial charge in [-0.25, -0.2) is 9.97 Å². The number of aromatic nitrogens is 5. The Morgan fingerprint density at radius 2 is 1.85 bits per heavy atom. The van der Waals surface area contributed by atoms with Crippen molar-refractivity contribution < 1.29 is 4.74 Å². The average Bonchev–Trinajstić information content (AvgIpc) is 3.01. The third kappa shape index (κ3) is 2.23. The van der Waals surface area contributed by atoms with Crippen LogP contribution in [0.5, 0.6) is 5.88 Å². The second kappa shape index (κ2) is 5.08. The molecular weight excluding hydrogens is 254 g/mol. The van der Waals surface area contributed by atoms with Crippen molar-refractivity contribution in [1.82, 2.24) is 24.7 Å². The summed E-state index contributed by atoms with van der Waals surface area (Å²) in [6, 6.07) is 5.84. The van der Waals surface area contributed by atoms with Crippen molar-refractivity contribution in [2.45, 2.75) is 6.92 Å². The number of rotatable bonds is 3. The molecule has 0 amide bonds. The average molecular weight is 267 g/mol. The van der Waals surface area contributed by atoms with Crippen LogP contribution in [0.25, 0.3) is 16.9 Å². The highest BCUT2D eigenvalue weighted by Gasteiger charge is 2.10. The van der Waals surface area contributed by atoms with E-state index >= 15 is 0 Å². The minimum atomic E-state index is 0.584. The van der Waals surface area contributed by atoms with E-state index in [9.17, 15) is 0 Å². The Morgan fingerprint density at radius 1 is 1.05 bits per heavy atom. The van der Waals surface area contributed by atoms with Crippen LogP contribution in [-0.4, -0.2) is 31.8 Å². The Balaban J connectivity index is 2.13. The van der Waals surface area contributed by atoms with Gasteiger partial charge < -0.3 is 4.74 Å². The number of aryl methyl sites for hydroxylation is 1. The molecule has 0 fully saturated rings. The molecule has 0 radical (unpaired) electrons. The van der Waals surface area contributed by atoms with Gasteiger partial charge in [0.1, 0.15) is 18.5 Å². The number of hydrogen-bond acceptors (Lipinski definition) is 5. The van der Waals surface area contributed by atoms with Crippen molar-refractivity contribution in [3.8, 4) is 22.8 Å². The molecule has 0 saturated heterocycles. The van der Waals surface area contributed by atoms with Gasteiger partial charge in [-0.05, 0) is 24.6 Å². The molecule has 0 N–H and O–H groups in total. The Kier molecular flexibility index (Phi) is 3.12. The summed E-state index contributed by atoms with van der Waals surface area (Å²) in [5.41, 5.74) is 3.01. The number of hydrogen-bond donors (Lipinski definition) is 0. The topological polar surface area (TPSA) is 65.7 Å². The largest absolute Gasteiger partial charge is 0.481 e. The predicted molar refractivity (Wildman–Crippen MR) is 73.7 cm³/mol. The third-order valence-electron chi connectivity index (χ3n) is 2.92. The number of nitrogens with zero attached hydrogens (tertiary/aromatic N) is 5. The van der Waals surface area contributed by atoms with Crippen molar-refractivity contribution in [3.05, 3.63) is 48.8 Å². The summed E-state index contributed by atoms with van der Waals surface area (Å²) in [5.74, 6) is 1.35. The Hall–Kier alpha value is -2.76. The summed E-state index contributed by atoms with van der Waals surface area (Å²) in [5, 5.41) is 7.64. The molecule has 6 heteroatoms. The molecule has 100 valence electrons. The summed E-state index contributed by atoms with van der Waals surface area (Å²) in [6.45, 7) is 2.00. The van der Waals surface area contributed by atoms with Crippen molar-refractivity contribution in [2.75, 3.05) is 7.11 Å². The van der Waals surface area contributed by atoms with Gasteiger partial charge in [0.25, 0.3) is 0 Å². The van der Waals surface area contributed by atoms with Gasteiger partial charge >= 0.3 is 0 Å². The van der Waals surface area contributed by atoms with E-state index in [2.05, 4.69) is 26.2 Å². The molecule has 0 atom stereocenters. The summed E-state index contributed by atoms with van der Waals surface area (Å²) in [4.78, 5) is 8.70. The zero-order chi connectivity index (χ0) is 13.9. The fourth-order valence-electron chi connectivity index (χ4n) is 1.95. The fraction of sp³-hybridized carbons (Fsp3) is 0.143. The van der Waals surface area contributed by atoms with Crippen molar-refractivity contribution in [3.63, 3.8) is 0 Å². The molecular formula is C14H13N5O. The maximum Gasteiger partial charge on any atom is 0.212 e. The maximum absolute atomic E-state index is 5.08. The molecule has 0 bridgehead atoms. The zero-order valence-corrected chi connectivity index (χ0v) is 11.2. The highest BCUT2D eigenvalue weighted by atomic mass is 16.5. The van der Waals surface area contributed by atoms with Crippen LogP contribution < -0.4 is 4.74 Å². The molecule has 3 aromatic heterocycles. The van der Waals surface area contributed by atoms with Gasteiger partial charge in [-0.1, -0.05) is 0 Å². The summed E-state index contributed by atoms with van der Waals surface area (Å²) in [6.07, 6.45) is 6.83. The van der Waals surface area contributed by atoms with E-state index in [-0.39, 0.29) is 0 Å². The first kappa shape index (κ1) is 12.3. The molecule has 0 spiro atoms. The first-order chi connectivity index (χ1) is 9.78. The van der Waals surface area contributed by atoms with E-state index in [0.29, 0.717) is 5.88 Å². The normalized spacial score (nSPS) is 10.5. The lowest BCUT2D eigenvalue weighted by Crippen LogP contribution is -1.99. The monoisotopic (exact) mass is 267 g/mol. The van der Waals surface area contributed by atoms with Crippen molar-refractivity contribution >= 4 is 0 Å². The third-order valence-corrected chi connectivity index (χ3v) is 2.92. The van der Waals surface area contributed by atoms with E-state index in [1.54, 1.807) is 30.5 Å². The van der Waals surface area contributed by atoms with Crippen LogP contribution in [0.15, 0.2) is 43.2 Å². The molecule has 0 aromatic carbocycles. The van der Waals surface area contributed by atoms with Crippen LogP contribution in [-0.2, 0) is 0 Å². The van der Waals surface area contributed by atoms with E-state index in [1.165, 1.54) is 0 Å². The molecule has 0 saturated carbocycles. The fourth-order valence-corrected chi connectivity index (χ4v) is 1.95. The highest BCUT2D eigenvalue weighted by molar-refractivity contribution is 5.70. The smallest absolute Gasteiger partial charge is 0.212 e. The Bertz CT molecular complexity index is 707. The first-order valence-corrected chi connectivity index (χ1v) is 6.10. The van der Waals surface area contributed by atoms with Crippen molar-refractivity contribution in [2.24, 2.45) is 0 Å². The molecule has 3 rings (SSSR count). The van der Waals surface area contributed by atoms with Crippen LogP contribution in [0.1, 0.15) is 5.56 Å². The van der Waals surface area contributed by atoms with Gasteiger partial charge in [0.05, 0.1) is 7.11 Å². The quantitative estimate of drug-likeness (QED) is 0.726. The molecule has 0 aliphatic rings. The molecule has 0 aliphatic carbocycles. The Labute approximate surface area is 116 Å². The maximum atomic E-state index is 5.08. The SMILES string of the molecule is COc1ccc(-c2cc(C)cnc2-n2cnnc2)cn1. The molecule has 3 aromatic rings. The van der Waals surface area contributed by atoms with Crippen LogP contribution in [0.4, 0.5) is 0 Å². The van der Waals surface area contributed by atoms with E-state index in [1.807, 2.05) is 25.3 Å². The van der Waals surface area contributed by atoms with Crippen LogP contribution in [0.3, 0.4) is 0 Å². The lowest BCUT2D eigenvalue weighted by molar-refractivity contribution is 0.398. The summed E-state index contributed by atoms with van der Waals surface area (Å²) in [7, 11) is 1.60. The molecule has 0 unspecified atom stereocenters. The highest BCUT2D eigenvalue weighted by Crippen LogP contribution is 2.26. The zero-order valence-electron chi connectivity index (χ0n) is 11.2. The standard InChI is InChI=1S/C14H13N5O/c1-10-5-12(11-3-4-13(20-2)15-7-11)14(16-6-10)19-8-17-18-9-19/h3-9H,1-2H3. The predicted octanol–water partition coefficient (Wildman–Crippen LogP) is 2.04. The first-order valence-electron chi connectivity index (χ1n) is 6.10. The molecule has 0 aliphatic heterocycles. The second-order valence-electron chi connectivity index (χ2n) is 4.34. The molecule has 3 heterocycles. The van der Waals surface area contributed by atoms with Crippen LogP contribution >= 0.6 is 0 Å². The minimum Gasteiger partial charge on any atom is -0.481 e. The lowest BCUT2D eigenvalue weighted by atomic mass is 10.1. The summed E-state index contributed by atoms with van der Waals surface area (Å²) < 4.78 is 6.86. The second-order valence-corrected chi connectivity index (χ2v) is 4.34. The van der Waals surface area contributed by atoms with Gasteiger partial charge in [-0.15, -0.1) is 10.2 Å². The van der Waals surface area contributed by atoms with Crippen LogP contribution in [0, 0.1) is 6.92 Å². The van der Waals surface area contributed by atoms with E-state index in [0.717, 1.165) is 22.5 Å². The van der Waals surface area contributed by atoms with Gasteiger partial charge in [-0.3, -0.25) is 4.57 Å².